The van der Waals surface area contributed by atoms with Crippen LogP contribution in [-0.2, 0) is 35.1 Å². The first kappa shape index (κ1) is 32.5. The number of unbranched alkanes of at least 4 members (excludes halogenated alkanes) is 4. The van der Waals surface area contributed by atoms with Gasteiger partial charge in [-0.05, 0) is 67.2 Å². The summed E-state index contributed by atoms with van der Waals surface area (Å²) in [6.45, 7) is 14.8. The zero-order valence-corrected chi connectivity index (χ0v) is 25.4. The molecule has 5 nitrogen and oxygen atoms in total. The van der Waals surface area contributed by atoms with Gasteiger partial charge in [0.05, 0.1) is 13.2 Å². The Morgan fingerprint density at radius 1 is 0.684 bits per heavy atom. The van der Waals surface area contributed by atoms with Crippen LogP contribution in [0.3, 0.4) is 0 Å². The van der Waals surface area contributed by atoms with Gasteiger partial charge in [0.15, 0.2) is 0 Å². The van der Waals surface area contributed by atoms with E-state index < -0.39 is 0 Å². The van der Waals surface area contributed by atoms with E-state index in [1.807, 2.05) is 0 Å². The van der Waals surface area contributed by atoms with Gasteiger partial charge in [-0.2, -0.15) is 0 Å². The molecule has 0 heterocycles. The summed E-state index contributed by atoms with van der Waals surface area (Å²) in [6.07, 6.45) is 10.4. The molecule has 0 saturated carbocycles. The molecule has 6 heteroatoms. The van der Waals surface area contributed by atoms with Crippen LogP contribution in [0.1, 0.15) is 119 Å². The molecule has 0 fully saturated rings. The van der Waals surface area contributed by atoms with E-state index >= 15 is 0 Å². The highest BCUT2D eigenvalue weighted by Crippen LogP contribution is 2.41. The highest BCUT2D eigenvalue weighted by Gasteiger charge is 2.23. The second-order valence-corrected chi connectivity index (χ2v) is 10.7. The highest BCUT2D eigenvalue weighted by molar-refractivity contribution is 7.94. The van der Waals surface area contributed by atoms with Crippen molar-refractivity contribution in [1.82, 2.24) is 0 Å². The summed E-state index contributed by atoms with van der Waals surface area (Å²) in [5.41, 5.74) is 7.89. The molecule has 2 aromatic rings. The lowest BCUT2D eigenvalue weighted by Gasteiger charge is -2.25. The molecule has 2 aromatic carbocycles. The zero-order valence-electron chi connectivity index (χ0n) is 24.6. The number of ether oxygens (including phenoxy) is 2. The molecule has 0 aliphatic rings. The lowest BCUT2D eigenvalue weighted by molar-refractivity contribution is -0.432. The highest BCUT2D eigenvalue weighted by atomic mass is 32.2. The monoisotopic (exact) mass is 546 g/mol. The van der Waals surface area contributed by atoms with Crippen LogP contribution in [0.5, 0.6) is 11.5 Å². The Kier molecular flexibility index (Phi) is 15.8. The Hall–Kier alpha value is -1.73. The lowest BCUT2D eigenvalue weighted by atomic mass is 9.85. The van der Waals surface area contributed by atoms with Gasteiger partial charge in [0, 0.05) is 34.8 Å². The Bertz CT molecular complexity index is 946. The molecule has 0 bridgehead atoms. The predicted molar refractivity (Wildman–Crippen MR) is 160 cm³/mol. The Balaban J connectivity index is 2.27. The topological polar surface area (TPSA) is 57.2 Å². The van der Waals surface area contributed by atoms with Crippen LogP contribution in [0.15, 0.2) is 24.3 Å². The van der Waals surface area contributed by atoms with Crippen molar-refractivity contribution in [1.29, 1.82) is 0 Å². The molecule has 1 atom stereocenters. The zero-order chi connectivity index (χ0) is 27.8. The summed E-state index contributed by atoms with van der Waals surface area (Å²) < 4.78 is 17.4. The van der Waals surface area contributed by atoms with E-state index in [1.165, 1.54) is 33.4 Å². The maximum absolute atomic E-state index is 8.18. The van der Waals surface area contributed by atoms with E-state index in [9.17, 15) is 0 Å². The molecular weight excluding hydrogens is 496 g/mol. The van der Waals surface area contributed by atoms with E-state index in [0.717, 1.165) is 107 Å². The normalized spacial score (nSPS) is 12.1. The van der Waals surface area contributed by atoms with Crippen molar-refractivity contribution in [3.05, 3.63) is 57.6 Å². The molecule has 0 aromatic heterocycles. The standard InChI is InChI=1S/C32H50O5S/c1-7-17-34-31-27(10-4)20-25(8-2)22-29(31)24(6)30-23-26(9-3)21-28(11-5)32(30)35-18-15-13-12-14-16-19-38-37-36-33/h20-24,33H,7-19H2,1-6H3. The molecule has 0 spiro atoms. The molecule has 38 heavy (non-hydrogen) atoms. The van der Waals surface area contributed by atoms with Crippen molar-refractivity contribution in [3.8, 4) is 11.5 Å². The number of benzene rings is 2. The Morgan fingerprint density at radius 3 is 1.71 bits per heavy atom. The molecule has 1 unspecified atom stereocenters. The third-order valence-corrected chi connectivity index (χ3v) is 7.78. The number of hydrogen-bond donors (Lipinski definition) is 1. The quantitative estimate of drug-likeness (QED) is 0.0773. The molecule has 0 radical (unpaired) electrons. The van der Waals surface area contributed by atoms with Crippen molar-refractivity contribution in [2.75, 3.05) is 19.0 Å². The number of rotatable bonds is 20. The van der Waals surface area contributed by atoms with Gasteiger partial charge in [-0.15, -0.1) is 4.33 Å². The molecule has 0 amide bonds. The first-order chi connectivity index (χ1) is 18.5. The van der Waals surface area contributed by atoms with Crippen LogP contribution >= 0.6 is 12.0 Å². The molecule has 0 aliphatic heterocycles. The van der Waals surface area contributed by atoms with Crippen LogP contribution in [-0.4, -0.2) is 24.2 Å². The van der Waals surface area contributed by atoms with E-state index in [1.54, 1.807) is 0 Å². The minimum atomic E-state index is 0.174. The largest absolute Gasteiger partial charge is 0.493 e. The fraction of sp³-hybridized carbons (Fsp3) is 0.625. The third-order valence-electron chi connectivity index (χ3n) is 7.17. The molecule has 214 valence electrons. The van der Waals surface area contributed by atoms with Gasteiger partial charge < -0.3 is 9.47 Å². The van der Waals surface area contributed by atoms with Gasteiger partial charge in [-0.3, -0.25) is 0 Å². The van der Waals surface area contributed by atoms with Gasteiger partial charge >= 0.3 is 0 Å². The summed E-state index contributed by atoms with van der Waals surface area (Å²) in [5.74, 6) is 3.12. The molecule has 2 rings (SSSR count). The van der Waals surface area contributed by atoms with Crippen molar-refractivity contribution in [2.45, 2.75) is 112 Å². The molecular formula is C32H50O5S. The van der Waals surface area contributed by atoms with Gasteiger partial charge in [0.2, 0.25) is 0 Å². The summed E-state index contributed by atoms with van der Waals surface area (Å²) in [5, 5.41) is 11.8. The molecule has 0 saturated heterocycles. The summed E-state index contributed by atoms with van der Waals surface area (Å²) in [4.78, 5) is 0. The van der Waals surface area contributed by atoms with Gasteiger partial charge in [-0.1, -0.05) is 90.1 Å². The maximum atomic E-state index is 8.18. The summed E-state index contributed by atoms with van der Waals surface area (Å²) >= 11 is 1.13. The minimum absolute atomic E-state index is 0.174. The second-order valence-electron chi connectivity index (χ2n) is 9.91. The van der Waals surface area contributed by atoms with E-state index in [0.29, 0.717) is 0 Å². The SMILES string of the molecule is CCCOc1c(CC)cc(CC)cc1C(C)c1cc(CC)cc(CC)c1OCCCCCCCSOOO. The number of hydrogen-bond acceptors (Lipinski definition) is 6. The average Bonchev–Trinajstić information content (AvgIpc) is 2.95. The summed E-state index contributed by atoms with van der Waals surface area (Å²) in [7, 11) is 0. The Morgan fingerprint density at radius 2 is 1.21 bits per heavy atom. The fourth-order valence-electron chi connectivity index (χ4n) is 4.89. The van der Waals surface area contributed by atoms with E-state index in [4.69, 9.17) is 14.7 Å². The van der Waals surface area contributed by atoms with Gasteiger partial charge in [0.1, 0.15) is 11.5 Å². The van der Waals surface area contributed by atoms with Crippen molar-refractivity contribution in [3.63, 3.8) is 0 Å². The van der Waals surface area contributed by atoms with Crippen molar-refractivity contribution >= 4 is 12.0 Å². The second kappa shape index (κ2) is 18.5. The molecule has 1 N–H and O–H groups in total. The minimum Gasteiger partial charge on any atom is -0.493 e. The first-order valence-corrected chi connectivity index (χ1v) is 15.6. The maximum Gasteiger partial charge on any atom is 0.126 e. The van der Waals surface area contributed by atoms with Crippen LogP contribution in [0, 0.1) is 0 Å². The van der Waals surface area contributed by atoms with Gasteiger partial charge in [-0.25, -0.2) is 5.26 Å². The Labute approximate surface area is 235 Å². The van der Waals surface area contributed by atoms with Crippen molar-refractivity contribution < 1.29 is 24.1 Å². The molecule has 0 aliphatic carbocycles. The fourth-order valence-corrected chi connectivity index (χ4v) is 5.32. The van der Waals surface area contributed by atoms with Crippen LogP contribution in [0.2, 0.25) is 0 Å². The van der Waals surface area contributed by atoms with Gasteiger partial charge in [0.25, 0.3) is 0 Å². The average molecular weight is 547 g/mol. The predicted octanol–water partition coefficient (Wildman–Crippen LogP) is 9.28. The first-order valence-electron chi connectivity index (χ1n) is 14.7. The van der Waals surface area contributed by atoms with E-state index in [-0.39, 0.29) is 5.92 Å². The van der Waals surface area contributed by atoms with E-state index in [2.05, 4.69) is 75.2 Å². The third kappa shape index (κ3) is 9.78. The van der Waals surface area contributed by atoms with Crippen LogP contribution in [0.4, 0.5) is 0 Å². The van der Waals surface area contributed by atoms with Crippen molar-refractivity contribution in [2.24, 2.45) is 0 Å². The lowest BCUT2D eigenvalue weighted by Crippen LogP contribution is -2.10. The van der Waals surface area contributed by atoms with Crippen LogP contribution in [0.25, 0.3) is 0 Å². The van der Waals surface area contributed by atoms with Crippen LogP contribution < -0.4 is 9.47 Å². The number of aryl methyl sites for hydroxylation is 4. The smallest absolute Gasteiger partial charge is 0.126 e. The summed E-state index contributed by atoms with van der Waals surface area (Å²) in [6, 6.07) is 9.38.